The van der Waals surface area contributed by atoms with Crippen LogP contribution in [0.5, 0.6) is 0 Å². The number of halogens is 3. The summed E-state index contributed by atoms with van der Waals surface area (Å²) in [5.41, 5.74) is 9.34. The molecule has 4 aromatic heterocycles. The standard InChI is InChI=1S/C23H16Cl2FN9O/c24-16-3-5-17(34-11-28-31-32-34)20(21(16)26)13-7-12-1-4-18(22(12)35(36)10-13)33-9-14(8-29-33)15-2-6-19(27)30-23(15)25/h2-3,5-11,18H,1,4H2,(H2,27,30). The van der Waals surface area contributed by atoms with Gasteiger partial charge in [-0.25, -0.2) is 9.37 Å². The number of fused-ring (bicyclic) bond motifs is 1. The van der Waals surface area contributed by atoms with E-state index in [1.165, 1.54) is 23.3 Å². The Morgan fingerprint density at radius 2 is 2.03 bits per heavy atom. The van der Waals surface area contributed by atoms with Gasteiger partial charge in [0.1, 0.15) is 23.3 Å². The quantitative estimate of drug-likeness (QED) is 0.215. The van der Waals surface area contributed by atoms with Crippen molar-refractivity contribution in [3.8, 4) is 27.9 Å². The zero-order valence-electron chi connectivity index (χ0n) is 18.4. The molecule has 1 atom stereocenters. The molecule has 1 aromatic carbocycles. The van der Waals surface area contributed by atoms with Gasteiger partial charge in [0, 0.05) is 22.9 Å². The maximum absolute atomic E-state index is 15.2. The van der Waals surface area contributed by atoms with Crippen molar-refractivity contribution in [3.63, 3.8) is 0 Å². The van der Waals surface area contributed by atoms with Crippen LogP contribution in [0.25, 0.3) is 27.9 Å². The normalized spacial score (nSPS) is 14.8. The Labute approximate surface area is 213 Å². The molecule has 4 heterocycles. The van der Waals surface area contributed by atoms with Gasteiger partial charge in [-0.05, 0) is 53.6 Å². The molecule has 5 aromatic rings. The van der Waals surface area contributed by atoms with Crippen LogP contribution in [0.2, 0.25) is 10.2 Å². The Morgan fingerprint density at radius 3 is 2.81 bits per heavy atom. The Morgan fingerprint density at radius 1 is 1.17 bits per heavy atom. The van der Waals surface area contributed by atoms with Gasteiger partial charge in [0.15, 0.2) is 12.0 Å². The fourth-order valence-electron chi connectivity index (χ4n) is 4.61. The molecular formula is C23H16Cl2FN9O. The molecule has 10 nitrogen and oxygen atoms in total. The Bertz CT molecular complexity index is 1620. The second-order valence-electron chi connectivity index (χ2n) is 8.31. The first-order chi connectivity index (χ1) is 17.4. The van der Waals surface area contributed by atoms with E-state index in [1.807, 2.05) is 6.20 Å². The highest BCUT2D eigenvalue weighted by atomic mass is 35.5. The summed E-state index contributed by atoms with van der Waals surface area (Å²) in [6, 6.07) is 7.96. The van der Waals surface area contributed by atoms with Crippen LogP contribution in [-0.4, -0.2) is 35.0 Å². The number of aromatic nitrogens is 8. The lowest BCUT2D eigenvalue weighted by molar-refractivity contribution is -0.615. The molecule has 180 valence electrons. The highest BCUT2D eigenvalue weighted by Gasteiger charge is 2.34. The summed E-state index contributed by atoms with van der Waals surface area (Å²) in [5, 5.41) is 29.1. The Kier molecular flexibility index (Phi) is 5.31. The number of nitrogens with zero attached hydrogens (tertiary/aromatic N) is 8. The Hall–Kier alpha value is -4.09. The van der Waals surface area contributed by atoms with E-state index in [2.05, 4.69) is 25.6 Å². The van der Waals surface area contributed by atoms with E-state index >= 15 is 4.39 Å². The average Bonchev–Trinajstić information content (AvgIpc) is 3.61. The minimum atomic E-state index is -0.662. The lowest BCUT2D eigenvalue weighted by Gasteiger charge is -2.15. The second kappa shape index (κ2) is 8.54. The SMILES string of the molecule is Nc1ccc(-c2cnn(C3CCc4cc(-c5c(-n6cnnn6)ccc(Cl)c5F)c[n+]([O-])c43)c2)c(Cl)n1. The molecule has 0 saturated heterocycles. The van der Waals surface area contributed by atoms with E-state index in [1.54, 1.807) is 35.1 Å². The third-order valence-electron chi connectivity index (χ3n) is 6.21. The summed E-state index contributed by atoms with van der Waals surface area (Å²) in [6.45, 7) is 0. The third kappa shape index (κ3) is 3.64. The van der Waals surface area contributed by atoms with Crippen molar-refractivity contribution in [1.82, 2.24) is 35.0 Å². The van der Waals surface area contributed by atoms with E-state index in [0.717, 1.165) is 15.9 Å². The lowest BCUT2D eigenvalue weighted by atomic mass is 10.0. The van der Waals surface area contributed by atoms with Crippen molar-refractivity contribution >= 4 is 29.0 Å². The summed E-state index contributed by atoms with van der Waals surface area (Å²) in [7, 11) is 0. The van der Waals surface area contributed by atoms with E-state index in [9.17, 15) is 5.21 Å². The number of rotatable bonds is 4. The predicted molar refractivity (Wildman–Crippen MR) is 130 cm³/mol. The monoisotopic (exact) mass is 523 g/mol. The summed E-state index contributed by atoms with van der Waals surface area (Å²) >= 11 is 12.3. The molecule has 1 aliphatic carbocycles. The van der Waals surface area contributed by atoms with Gasteiger partial charge >= 0.3 is 0 Å². The molecule has 6 rings (SSSR count). The first-order valence-corrected chi connectivity index (χ1v) is 11.6. The number of tetrazole rings is 1. The van der Waals surface area contributed by atoms with E-state index < -0.39 is 5.82 Å². The van der Waals surface area contributed by atoms with Crippen molar-refractivity contribution in [2.45, 2.75) is 18.9 Å². The summed E-state index contributed by atoms with van der Waals surface area (Å²) in [4.78, 5) is 4.08. The van der Waals surface area contributed by atoms with Gasteiger partial charge in [0.05, 0.1) is 28.0 Å². The number of nitrogens with two attached hydrogens (primary N) is 1. The van der Waals surface area contributed by atoms with Gasteiger partial charge in [0.25, 0.3) is 0 Å². The number of aryl methyl sites for hydroxylation is 1. The lowest BCUT2D eigenvalue weighted by Crippen LogP contribution is -2.34. The van der Waals surface area contributed by atoms with Gasteiger partial charge in [-0.15, -0.1) is 5.10 Å². The molecule has 0 fully saturated rings. The molecule has 0 saturated carbocycles. The van der Waals surface area contributed by atoms with Crippen LogP contribution in [0.3, 0.4) is 0 Å². The fraction of sp³-hybridized carbons (Fsp3) is 0.130. The van der Waals surface area contributed by atoms with Crippen LogP contribution in [-0.2, 0) is 6.42 Å². The van der Waals surface area contributed by atoms with Crippen molar-refractivity contribution < 1.29 is 9.12 Å². The molecule has 0 amide bonds. The van der Waals surface area contributed by atoms with Crippen molar-refractivity contribution in [2.24, 2.45) is 0 Å². The third-order valence-corrected chi connectivity index (χ3v) is 6.79. The van der Waals surface area contributed by atoms with Gasteiger partial charge in [-0.3, -0.25) is 4.68 Å². The largest absolute Gasteiger partial charge is 0.618 e. The van der Waals surface area contributed by atoms with Crippen LogP contribution >= 0.6 is 23.2 Å². The first kappa shape index (κ1) is 22.4. The molecule has 1 aliphatic rings. The zero-order chi connectivity index (χ0) is 25.0. The highest BCUT2D eigenvalue weighted by molar-refractivity contribution is 6.32. The maximum Gasteiger partial charge on any atom is 0.220 e. The van der Waals surface area contributed by atoms with E-state index in [4.69, 9.17) is 28.9 Å². The maximum atomic E-state index is 15.2. The van der Waals surface area contributed by atoms with Crippen molar-refractivity contribution in [1.29, 1.82) is 0 Å². The number of pyridine rings is 2. The molecule has 0 spiro atoms. The molecule has 1 unspecified atom stereocenters. The second-order valence-corrected chi connectivity index (χ2v) is 9.08. The topological polar surface area (TPSA) is 127 Å². The molecule has 0 aliphatic heterocycles. The number of anilines is 1. The highest BCUT2D eigenvalue weighted by Crippen LogP contribution is 2.38. The molecular weight excluding hydrogens is 508 g/mol. The minimum absolute atomic E-state index is 0.0717. The van der Waals surface area contributed by atoms with Crippen molar-refractivity contribution in [3.05, 3.63) is 87.7 Å². The summed E-state index contributed by atoms with van der Waals surface area (Å²) in [6.07, 6.45) is 7.43. The minimum Gasteiger partial charge on any atom is -0.618 e. The molecule has 13 heteroatoms. The van der Waals surface area contributed by atoms with Crippen LogP contribution in [0, 0.1) is 11.0 Å². The number of hydrogen-bond acceptors (Lipinski definition) is 7. The molecule has 36 heavy (non-hydrogen) atoms. The van der Waals surface area contributed by atoms with Gasteiger partial charge in [-0.2, -0.15) is 14.5 Å². The molecule has 0 radical (unpaired) electrons. The van der Waals surface area contributed by atoms with Crippen molar-refractivity contribution in [2.75, 3.05) is 5.73 Å². The number of benzene rings is 1. The number of nitrogen functional groups attached to an aromatic ring is 1. The molecule has 0 bridgehead atoms. The van der Waals surface area contributed by atoms with E-state index in [-0.39, 0.29) is 21.8 Å². The summed E-state index contributed by atoms with van der Waals surface area (Å²) in [5.74, 6) is -0.340. The van der Waals surface area contributed by atoms with Crippen LogP contribution < -0.4 is 10.5 Å². The van der Waals surface area contributed by atoms with Gasteiger partial charge < -0.3 is 10.9 Å². The smallest absolute Gasteiger partial charge is 0.220 e. The molecule has 2 N–H and O–H groups in total. The predicted octanol–water partition coefficient (Wildman–Crippen LogP) is 3.78. The van der Waals surface area contributed by atoms with E-state index in [0.29, 0.717) is 41.2 Å². The number of hydrogen-bond donors (Lipinski definition) is 1. The Balaban J connectivity index is 1.41. The summed E-state index contributed by atoms with van der Waals surface area (Å²) < 4.78 is 19.0. The van der Waals surface area contributed by atoms with Gasteiger partial charge in [0.2, 0.25) is 5.69 Å². The average molecular weight is 524 g/mol. The van der Waals surface area contributed by atoms with Crippen LogP contribution in [0.4, 0.5) is 10.2 Å². The van der Waals surface area contributed by atoms with Gasteiger partial charge in [-0.1, -0.05) is 23.2 Å². The van der Waals surface area contributed by atoms with Crippen LogP contribution in [0.15, 0.2) is 55.2 Å². The first-order valence-electron chi connectivity index (χ1n) is 10.8. The van der Waals surface area contributed by atoms with Crippen LogP contribution in [0.1, 0.15) is 23.7 Å². The fourth-order valence-corrected chi connectivity index (χ4v) is 5.04. The zero-order valence-corrected chi connectivity index (χ0v) is 19.9.